The summed E-state index contributed by atoms with van der Waals surface area (Å²) in [6, 6.07) is 3.87. The average molecular weight is 269 g/mol. The van der Waals surface area contributed by atoms with E-state index in [-0.39, 0.29) is 16.3 Å². The molecule has 1 heterocycles. The van der Waals surface area contributed by atoms with E-state index >= 15 is 0 Å². The second kappa shape index (κ2) is 4.00. The molecule has 2 aromatic rings. The fourth-order valence-corrected chi connectivity index (χ4v) is 2.16. The lowest BCUT2D eigenvalue weighted by atomic mass is 10.3. The average Bonchev–Trinajstić information content (AvgIpc) is 2.57. The normalized spacial score (nSPS) is 11.7. The van der Waals surface area contributed by atoms with Crippen LogP contribution < -0.4 is 5.73 Å². The van der Waals surface area contributed by atoms with E-state index in [1.54, 1.807) is 6.92 Å². The molecule has 0 amide bonds. The molecular weight excluding hydrogens is 258 g/mol. The molecular formula is C10H11N3O4S. The van der Waals surface area contributed by atoms with Crippen molar-refractivity contribution in [3.8, 4) is 11.4 Å². The number of rotatable bonds is 2. The maximum Gasteiger partial charge on any atom is 0.296 e. The van der Waals surface area contributed by atoms with E-state index in [2.05, 4.69) is 5.10 Å². The lowest BCUT2D eigenvalue weighted by Gasteiger charge is -2.07. The number of aryl methyl sites for hydroxylation is 1. The number of nitrogens with zero attached hydrogens (tertiary/aromatic N) is 2. The second-order valence-electron chi connectivity index (χ2n) is 3.75. The first-order chi connectivity index (χ1) is 8.29. The molecule has 0 aliphatic heterocycles. The fraction of sp³-hybridized carbons (Fsp3) is 0.100. The van der Waals surface area contributed by atoms with Gasteiger partial charge in [-0.2, -0.15) is 13.5 Å². The molecule has 1 aromatic carbocycles. The summed E-state index contributed by atoms with van der Waals surface area (Å²) in [5, 5.41) is 13.4. The summed E-state index contributed by atoms with van der Waals surface area (Å²) < 4.78 is 32.8. The van der Waals surface area contributed by atoms with Crippen LogP contribution in [0.1, 0.15) is 5.69 Å². The molecule has 8 heteroatoms. The van der Waals surface area contributed by atoms with Gasteiger partial charge in [0.1, 0.15) is 10.6 Å². The number of aromatic nitrogens is 2. The number of benzene rings is 1. The molecule has 0 saturated heterocycles. The Kier molecular flexibility index (Phi) is 2.76. The minimum absolute atomic E-state index is 0.0703. The zero-order valence-corrected chi connectivity index (χ0v) is 10.2. The van der Waals surface area contributed by atoms with Crippen molar-refractivity contribution in [1.29, 1.82) is 0 Å². The Morgan fingerprint density at radius 1 is 1.39 bits per heavy atom. The molecule has 0 aliphatic carbocycles. The Hall–Kier alpha value is -2.06. The first-order valence-electron chi connectivity index (χ1n) is 4.91. The number of anilines is 1. The van der Waals surface area contributed by atoms with Crippen molar-refractivity contribution in [2.75, 3.05) is 5.73 Å². The van der Waals surface area contributed by atoms with E-state index < -0.39 is 10.1 Å². The summed E-state index contributed by atoms with van der Waals surface area (Å²) in [5.74, 6) is -0.0845. The number of hydrogen-bond acceptors (Lipinski definition) is 5. The van der Waals surface area contributed by atoms with Gasteiger partial charge in [-0.15, -0.1) is 0 Å². The molecule has 1 aromatic heterocycles. The third kappa shape index (κ3) is 2.15. The number of nitrogen functional groups attached to an aromatic ring is 1. The minimum Gasteiger partial charge on any atom is -0.504 e. The summed E-state index contributed by atoms with van der Waals surface area (Å²) in [4.78, 5) is -0.334. The molecule has 18 heavy (non-hydrogen) atoms. The number of aromatic hydroxyl groups is 1. The largest absolute Gasteiger partial charge is 0.504 e. The molecule has 0 atom stereocenters. The van der Waals surface area contributed by atoms with E-state index in [0.29, 0.717) is 11.4 Å². The van der Waals surface area contributed by atoms with Gasteiger partial charge in [0, 0.05) is 5.69 Å². The molecule has 0 bridgehead atoms. The highest BCUT2D eigenvalue weighted by Crippen LogP contribution is 2.24. The van der Waals surface area contributed by atoms with Crippen molar-refractivity contribution in [3.63, 3.8) is 0 Å². The van der Waals surface area contributed by atoms with E-state index in [1.807, 2.05) is 0 Å². The van der Waals surface area contributed by atoms with Gasteiger partial charge < -0.3 is 10.8 Å². The fourth-order valence-electron chi connectivity index (χ4n) is 1.51. The van der Waals surface area contributed by atoms with Crippen molar-refractivity contribution in [2.24, 2.45) is 0 Å². The maximum atomic E-state index is 11.2. The van der Waals surface area contributed by atoms with Gasteiger partial charge in [-0.05, 0) is 25.1 Å². The van der Waals surface area contributed by atoms with Gasteiger partial charge >= 0.3 is 0 Å². The summed E-state index contributed by atoms with van der Waals surface area (Å²) in [5.41, 5.74) is 6.29. The van der Waals surface area contributed by atoms with Crippen LogP contribution >= 0.6 is 0 Å². The van der Waals surface area contributed by atoms with Crippen molar-refractivity contribution in [3.05, 3.63) is 30.1 Å². The number of hydrogen-bond donors (Lipinski definition) is 3. The predicted molar refractivity (Wildman–Crippen MR) is 64.2 cm³/mol. The van der Waals surface area contributed by atoms with Crippen molar-refractivity contribution >= 4 is 15.8 Å². The summed E-state index contributed by atoms with van der Waals surface area (Å²) in [6.45, 7) is 1.56. The molecule has 0 fully saturated rings. The zero-order valence-electron chi connectivity index (χ0n) is 9.40. The third-order valence-electron chi connectivity index (χ3n) is 2.38. The van der Waals surface area contributed by atoms with Gasteiger partial charge in [0.2, 0.25) is 0 Å². The molecule has 0 radical (unpaired) electrons. The van der Waals surface area contributed by atoms with Gasteiger partial charge in [-0.3, -0.25) is 4.55 Å². The van der Waals surface area contributed by atoms with Gasteiger partial charge in [-0.25, -0.2) is 4.68 Å². The molecule has 2 rings (SSSR count). The molecule has 0 saturated carbocycles. The van der Waals surface area contributed by atoms with Crippen LogP contribution in [-0.4, -0.2) is 27.9 Å². The number of nitrogens with two attached hydrogens (primary N) is 1. The minimum atomic E-state index is -4.40. The molecule has 96 valence electrons. The van der Waals surface area contributed by atoms with E-state index in [1.165, 1.54) is 24.4 Å². The van der Waals surface area contributed by atoms with E-state index in [9.17, 15) is 13.5 Å². The first kappa shape index (κ1) is 12.4. The van der Waals surface area contributed by atoms with Crippen LogP contribution in [0.5, 0.6) is 5.75 Å². The molecule has 0 unspecified atom stereocenters. The Morgan fingerprint density at radius 3 is 2.56 bits per heavy atom. The van der Waals surface area contributed by atoms with E-state index in [0.717, 1.165) is 4.68 Å². The van der Waals surface area contributed by atoms with Crippen LogP contribution in [0.2, 0.25) is 0 Å². The third-order valence-corrected chi connectivity index (χ3v) is 3.28. The van der Waals surface area contributed by atoms with Crippen molar-refractivity contribution in [1.82, 2.24) is 9.78 Å². The van der Waals surface area contributed by atoms with Crippen LogP contribution in [0.4, 0.5) is 5.69 Å². The second-order valence-corrected chi connectivity index (χ2v) is 5.14. The van der Waals surface area contributed by atoms with Gasteiger partial charge in [-0.1, -0.05) is 0 Å². The SMILES string of the molecule is Cc1nn(-c2cc(N)ccc2S(=O)(=O)O)cc1O. The van der Waals surface area contributed by atoms with Crippen LogP contribution in [0.3, 0.4) is 0 Å². The molecule has 0 spiro atoms. The first-order valence-corrected chi connectivity index (χ1v) is 6.35. The van der Waals surface area contributed by atoms with Crippen molar-refractivity contribution < 1.29 is 18.1 Å². The smallest absolute Gasteiger partial charge is 0.296 e. The highest BCUT2D eigenvalue weighted by atomic mass is 32.2. The Morgan fingerprint density at radius 2 is 2.06 bits per heavy atom. The Bertz CT molecular complexity index is 686. The lowest BCUT2D eigenvalue weighted by molar-refractivity contribution is 0.470. The zero-order chi connectivity index (χ0) is 13.5. The topological polar surface area (TPSA) is 118 Å². The van der Waals surface area contributed by atoms with Gasteiger partial charge in [0.05, 0.1) is 11.9 Å². The van der Waals surface area contributed by atoms with Crippen LogP contribution in [0.15, 0.2) is 29.3 Å². The molecule has 0 aliphatic rings. The highest BCUT2D eigenvalue weighted by molar-refractivity contribution is 7.86. The molecule has 4 N–H and O–H groups in total. The van der Waals surface area contributed by atoms with Crippen LogP contribution in [0, 0.1) is 6.92 Å². The summed E-state index contributed by atoms with van der Waals surface area (Å²) in [7, 11) is -4.40. The summed E-state index contributed by atoms with van der Waals surface area (Å²) in [6.07, 6.45) is 1.23. The Balaban J connectivity index is 2.73. The van der Waals surface area contributed by atoms with E-state index in [4.69, 9.17) is 10.3 Å². The van der Waals surface area contributed by atoms with Crippen LogP contribution in [-0.2, 0) is 10.1 Å². The predicted octanol–water partition coefficient (Wildman–Crippen LogP) is 0.715. The lowest BCUT2D eigenvalue weighted by Crippen LogP contribution is -2.07. The summed E-state index contributed by atoms with van der Waals surface area (Å²) >= 11 is 0. The monoisotopic (exact) mass is 269 g/mol. The quantitative estimate of drug-likeness (QED) is 0.546. The Labute approximate surface area is 103 Å². The highest BCUT2D eigenvalue weighted by Gasteiger charge is 2.18. The standard InChI is InChI=1S/C10H11N3O4S/c1-6-9(14)5-13(12-6)8-4-7(11)2-3-10(8)18(15,16)17/h2-5,14H,11H2,1H3,(H,15,16,17). The van der Waals surface area contributed by atoms with Crippen LogP contribution in [0.25, 0.3) is 5.69 Å². The van der Waals surface area contributed by atoms with Gasteiger partial charge in [0.25, 0.3) is 10.1 Å². The van der Waals surface area contributed by atoms with Gasteiger partial charge in [0.15, 0.2) is 5.75 Å². The van der Waals surface area contributed by atoms with Crippen molar-refractivity contribution in [2.45, 2.75) is 11.8 Å². The molecule has 7 nitrogen and oxygen atoms in total. The maximum absolute atomic E-state index is 11.2.